The molecule has 3 atom stereocenters. The molecule has 6 aliphatic heterocycles. The van der Waals surface area contributed by atoms with Crippen LogP contribution in [0.2, 0.25) is 0 Å². The molecule has 96 heavy (non-hydrogen) atoms. The van der Waals surface area contributed by atoms with Gasteiger partial charge in [0, 0.05) is 135 Å². The molecule has 6 aliphatic rings. The van der Waals surface area contributed by atoms with Crippen molar-refractivity contribution in [3.05, 3.63) is 260 Å². The minimum atomic E-state index is -1.47. The summed E-state index contributed by atoms with van der Waals surface area (Å²) in [6.07, 6.45) is 20.7. The molecule has 3 spiro atoms. The fourth-order valence-electron chi connectivity index (χ4n) is 11.4. The normalized spacial score (nSPS) is 17.9. The third-order valence-electron chi connectivity index (χ3n) is 15.9. The highest BCUT2D eigenvalue weighted by molar-refractivity contribution is 14.1. The minimum absolute atomic E-state index is 0.166. The van der Waals surface area contributed by atoms with Gasteiger partial charge in [-0.25, -0.2) is 44.9 Å². The molecule has 17 rings (SSSR count). The Labute approximate surface area is 578 Å². The second-order valence-electron chi connectivity index (χ2n) is 21.9. The quantitative estimate of drug-likeness (QED) is 0.0631. The van der Waals surface area contributed by atoms with E-state index in [1.807, 2.05) is 109 Å². The summed E-state index contributed by atoms with van der Waals surface area (Å²) in [6.45, 7) is 1.01. The lowest BCUT2D eigenvalue weighted by molar-refractivity contribution is 0.264. The zero-order chi connectivity index (χ0) is 66.6. The largest absolute Gasteiger partial charge is 0.491 e. The summed E-state index contributed by atoms with van der Waals surface area (Å²) in [5, 5.41) is 34.1. The van der Waals surface area contributed by atoms with Crippen LogP contribution in [0.25, 0.3) is 33.4 Å². The lowest BCUT2D eigenvalue weighted by Gasteiger charge is -2.34. The van der Waals surface area contributed by atoms with E-state index in [1.54, 1.807) is 49.3 Å². The van der Waals surface area contributed by atoms with E-state index in [0.717, 1.165) is 114 Å². The Morgan fingerprint density at radius 1 is 0.365 bits per heavy atom. The van der Waals surface area contributed by atoms with Crippen LogP contribution < -0.4 is 42.3 Å². The molecule has 476 valence electrons. The maximum absolute atomic E-state index is 8.54. The zero-order valence-corrected chi connectivity index (χ0v) is 55.3. The van der Waals surface area contributed by atoms with Crippen molar-refractivity contribution >= 4 is 97.7 Å². The van der Waals surface area contributed by atoms with Gasteiger partial charge in [-0.15, -0.1) is 0 Å². The van der Waals surface area contributed by atoms with Crippen molar-refractivity contribution in [2.75, 3.05) is 19.8 Å². The van der Waals surface area contributed by atoms with Crippen molar-refractivity contribution in [3.63, 3.8) is 0 Å². The Bertz CT molecular complexity index is 4600. The maximum atomic E-state index is 8.54. The molecule has 0 saturated heterocycles. The van der Waals surface area contributed by atoms with Crippen molar-refractivity contribution in [2.24, 2.45) is 32.2 Å². The van der Waals surface area contributed by atoms with Gasteiger partial charge in [0.25, 0.3) is 18.1 Å². The van der Waals surface area contributed by atoms with E-state index in [9.17, 15) is 0 Å². The molecule has 24 nitrogen and oxygen atoms in total. The van der Waals surface area contributed by atoms with Gasteiger partial charge in [-0.05, 0) is 142 Å². The number of fused-ring (bicyclic) bond motifs is 12. The molecule has 0 radical (unpaired) electrons. The first kappa shape index (κ1) is 64.4. The summed E-state index contributed by atoms with van der Waals surface area (Å²) < 4.78 is 38.2. The number of rotatable bonds is 5. The Morgan fingerprint density at radius 2 is 0.698 bits per heavy atom. The number of hydrogen-bond acceptors (Lipinski definition) is 24. The van der Waals surface area contributed by atoms with E-state index >= 15 is 0 Å². The molecular formula is C67H51B2Br2IN14O10. The number of aromatic nitrogens is 8. The van der Waals surface area contributed by atoms with Gasteiger partial charge in [0.15, 0.2) is 16.6 Å². The molecule has 10 N–H and O–H groups in total. The fraction of sp³-hybridized carbons (Fsp3) is 0.0896. The van der Waals surface area contributed by atoms with Crippen LogP contribution in [0.1, 0.15) is 33.4 Å². The molecule has 29 heteroatoms. The van der Waals surface area contributed by atoms with Crippen molar-refractivity contribution < 1.29 is 48.5 Å². The molecule has 0 aliphatic carbocycles. The number of halogens is 3. The van der Waals surface area contributed by atoms with E-state index in [-0.39, 0.29) is 18.1 Å². The molecule has 11 heterocycles. The maximum Gasteiger partial charge on any atom is 0.491 e. The highest BCUT2D eigenvalue weighted by Crippen LogP contribution is 2.55. The van der Waals surface area contributed by atoms with Crippen molar-refractivity contribution in [1.29, 1.82) is 0 Å². The second-order valence-corrected chi connectivity index (χ2v) is 24.9. The number of ether oxygens (including phenoxy) is 6. The number of hydrogen-bond donors (Lipinski definition) is 7. The van der Waals surface area contributed by atoms with Gasteiger partial charge in [-0.3, -0.25) is 9.97 Å². The minimum Gasteiger partial charge on any atom is -0.462 e. The summed E-state index contributed by atoms with van der Waals surface area (Å²) in [5.74, 6) is 4.53. The molecular weight excluding hydrogens is 1470 g/mol. The lowest BCUT2D eigenvalue weighted by atomic mass is 9.79. The van der Waals surface area contributed by atoms with Crippen LogP contribution in [-0.4, -0.2) is 112 Å². The number of pyridine rings is 2. The monoisotopic (exact) mass is 1520 g/mol. The average Bonchev–Trinajstić information content (AvgIpc) is 1.53. The van der Waals surface area contributed by atoms with Crippen LogP contribution in [0.3, 0.4) is 0 Å². The SMILES string of the molecule is NC1=N[C@]2(CO1)c1cc(-c3cccnc3)ccc1Oc1ccc(-c3cncnc3)cc12.NC1=N[C@]2(CO1)c1cc(Br)ccc1Oc1ccc(-c3cncnc3)cc12.NC1=N[C@]2(CO1)c1cc(Br)ccc1Oc1ccc(I)cc12.OB(O)c1cccnc1.OB(O)c1cncnc1. The van der Waals surface area contributed by atoms with Crippen LogP contribution in [0.5, 0.6) is 34.5 Å². The van der Waals surface area contributed by atoms with E-state index in [4.69, 9.17) is 70.7 Å². The number of nitrogens with zero attached hydrogens (tertiary/aromatic N) is 11. The summed E-state index contributed by atoms with van der Waals surface area (Å²) in [5.41, 5.74) is 27.7. The van der Waals surface area contributed by atoms with Crippen molar-refractivity contribution in [2.45, 2.75) is 16.6 Å². The fourth-order valence-corrected chi connectivity index (χ4v) is 12.6. The number of aliphatic imine (C=N–C) groups is 3. The molecule has 0 unspecified atom stereocenters. The molecule has 0 saturated carbocycles. The number of benzene rings is 6. The van der Waals surface area contributed by atoms with Crippen LogP contribution >= 0.6 is 54.5 Å². The Kier molecular flexibility index (Phi) is 18.5. The van der Waals surface area contributed by atoms with Crippen LogP contribution in [-0.2, 0) is 30.8 Å². The standard InChI is InChI=1S/C24H17N5O2.C19H13BrN4O2.C15H10BrIN2O2.C5H6BNO2.C4H5BN2O2/c25-23-29-24(13-30-23)19-8-15(17-2-1-7-26-10-17)3-5-21(19)31-22-6-4-16(9-20(22)24)18-11-27-14-28-12-18;20-13-2-4-17-15(6-13)19(9-25-18(21)24-19)14-5-11(1-3-16(14)26-17)12-7-22-10-23-8-12;16-8-1-3-12-10(5-8)15(7-20-14(18)19-15)11-6-9(17)2-4-13(11)21-12;8-6(9)5-2-1-3-7-4-5;8-5(9)4-1-6-3-7-2-4/h1-12,14H,13H2,(H2,25,29);1-8,10H,9H2,(H2,21,24);1-6H,7H2,(H2,18,19);1-4,8-9H;1-3,8-9H/t24-;19-;15-;;/m101../s1. The molecule has 0 bridgehead atoms. The first-order valence-electron chi connectivity index (χ1n) is 29.2. The Balaban J connectivity index is 0.000000116. The summed E-state index contributed by atoms with van der Waals surface area (Å²) in [4.78, 5) is 45.6. The van der Waals surface area contributed by atoms with Gasteiger partial charge in [-0.1, -0.05) is 62.2 Å². The molecule has 5 aromatic heterocycles. The first-order valence-corrected chi connectivity index (χ1v) is 31.8. The van der Waals surface area contributed by atoms with Crippen molar-refractivity contribution in [3.8, 4) is 67.9 Å². The third-order valence-corrected chi connectivity index (χ3v) is 17.6. The van der Waals surface area contributed by atoms with Gasteiger partial charge in [0.05, 0.1) is 0 Å². The Hall–Kier alpha value is -10.3. The van der Waals surface area contributed by atoms with Crippen LogP contribution in [0.4, 0.5) is 0 Å². The van der Waals surface area contributed by atoms with E-state index in [2.05, 4.69) is 123 Å². The Morgan fingerprint density at radius 3 is 1.04 bits per heavy atom. The lowest BCUT2D eigenvalue weighted by Crippen LogP contribution is -2.31. The van der Waals surface area contributed by atoms with E-state index in [1.165, 1.54) is 37.6 Å². The molecule has 11 aromatic rings. The van der Waals surface area contributed by atoms with Gasteiger partial charge in [0.1, 0.15) is 73.3 Å². The number of nitrogens with two attached hydrogens (primary N) is 3. The number of amidine groups is 3. The predicted octanol–water partition coefficient (Wildman–Crippen LogP) is 8.17. The second kappa shape index (κ2) is 27.6. The summed E-state index contributed by atoms with van der Waals surface area (Å²) >= 11 is 9.33. The zero-order valence-electron chi connectivity index (χ0n) is 50.0. The first-order chi connectivity index (χ1) is 46.6. The molecule has 6 aromatic carbocycles. The van der Waals surface area contributed by atoms with E-state index in [0.29, 0.717) is 30.7 Å². The summed E-state index contributed by atoms with van der Waals surface area (Å²) in [7, 11) is -2.87. The highest BCUT2D eigenvalue weighted by atomic mass is 127. The van der Waals surface area contributed by atoms with Crippen LogP contribution in [0, 0.1) is 3.57 Å². The van der Waals surface area contributed by atoms with Gasteiger partial charge in [-0.2, -0.15) is 0 Å². The smallest absolute Gasteiger partial charge is 0.462 e. The highest BCUT2D eigenvalue weighted by Gasteiger charge is 2.50. The predicted molar refractivity (Wildman–Crippen MR) is 373 cm³/mol. The van der Waals surface area contributed by atoms with Gasteiger partial charge in [0.2, 0.25) is 0 Å². The van der Waals surface area contributed by atoms with Gasteiger partial charge >= 0.3 is 14.2 Å². The molecule has 0 amide bonds. The third kappa shape index (κ3) is 13.2. The summed E-state index contributed by atoms with van der Waals surface area (Å²) in [6, 6.07) is 43.6. The van der Waals surface area contributed by atoms with Crippen molar-refractivity contribution in [1.82, 2.24) is 39.9 Å². The molecule has 0 fully saturated rings. The average molecular weight is 1520 g/mol. The van der Waals surface area contributed by atoms with Gasteiger partial charge < -0.3 is 65.7 Å². The van der Waals surface area contributed by atoms with E-state index < -0.39 is 30.9 Å². The van der Waals surface area contributed by atoms with Crippen LogP contribution in [0.15, 0.2) is 238 Å². The topological polar surface area (TPSA) is 355 Å².